The van der Waals surface area contributed by atoms with Gasteiger partial charge < -0.3 is 9.97 Å². The summed E-state index contributed by atoms with van der Waals surface area (Å²) in [7, 11) is 0. The lowest BCUT2D eigenvalue weighted by Crippen LogP contribution is -1.81. The SMILES string of the molecule is c1ccc2c(c1)[nH]c1cc(-c3cccc4c3[nH]c3ccccc34)ccc12. The molecule has 4 aromatic carbocycles. The maximum Gasteiger partial charge on any atom is 0.0544 e. The van der Waals surface area contributed by atoms with E-state index in [1.54, 1.807) is 0 Å². The maximum atomic E-state index is 3.61. The van der Waals surface area contributed by atoms with Gasteiger partial charge in [0.25, 0.3) is 0 Å². The summed E-state index contributed by atoms with van der Waals surface area (Å²) in [6.45, 7) is 0. The quantitative estimate of drug-likeness (QED) is 0.339. The van der Waals surface area contributed by atoms with Crippen LogP contribution in [0.25, 0.3) is 54.7 Å². The number of nitrogens with one attached hydrogen (secondary N) is 2. The molecule has 6 rings (SSSR count). The van der Waals surface area contributed by atoms with Crippen molar-refractivity contribution in [2.24, 2.45) is 0 Å². The van der Waals surface area contributed by atoms with Crippen LogP contribution in [0.2, 0.25) is 0 Å². The Balaban J connectivity index is 1.66. The number of para-hydroxylation sites is 3. The van der Waals surface area contributed by atoms with Crippen molar-refractivity contribution in [3.8, 4) is 11.1 Å². The van der Waals surface area contributed by atoms with Crippen LogP contribution in [0.15, 0.2) is 84.9 Å². The highest BCUT2D eigenvalue weighted by Gasteiger charge is 2.11. The molecule has 0 aliphatic carbocycles. The first-order valence-corrected chi connectivity index (χ1v) is 8.89. The molecule has 0 radical (unpaired) electrons. The van der Waals surface area contributed by atoms with Gasteiger partial charge in [-0.1, -0.05) is 66.7 Å². The molecule has 122 valence electrons. The van der Waals surface area contributed by atoms with E-state index in [9.17, 15) is 0 Å². The van der Waals surface area contributed by atoms with Crippen molar-refractivity contribution in [2.75, 3.05) is 0 Å². The van der Waals surface area contributed by atoms with Crippen molar-refractivity contribution in [1.82, 2.24) is 9.97 Å². The van der Waals surface area contributed by atoms with E-state index in [0.29, 0.717) is 0 Å². The molecule has 0 amide bonds. The summed E-state index contributed by atoms with van der Waals surface area (Å²) in [6.07, 6.45) is 0. The van der Waals surface area contributed by atoms with Gasteiger partial charge in [-0.3, -0.25) is 0 Å². The van der Waals surface area contributed by atoms with Gasteiger partial charge in [-0.05, 0) is 23.8 Å². The van der Waals surface area contributed by atoms with E-state index in [0.717, 1.165) is 0 Å². The summed E-state index contributed by atoms with van der Waals surface area (Å²) < 4.78 is 0. The molecule has 0 spiro atoms. The predicted molar refractivity (Wildman–Crippen MR) is 111 cm³/mol. The lowest BCUT2D eigenvalue weighted by atomic mass is 10.0. The van der Waals surface area contributed by atoms with Crippen molar-refractivity contribution in [3.05, 3.63) is 84.9 Å². The number of hydrogen-bond acceptors (Lipinski definition) is 0. The first-order valence-electron chi connectivity index (χ1n) is 8.89. The average molecular weight is 332 g/mol. The van der Waals surface area contributed by atoms with Crippen LogP contribution in [0.4, 0.5) is 0 Å². The first-order chi connectivity index (χ1) is 12.9. The molecule has 0 fully saturated rings. The van der Waals surface area contributed by atoms with Crippen LogP contribution in [-0.4, -0.2) is 9.97 Å². The number of fused-ring (bicyclic) bond motifs is 6. The summed E-state index contributed by atoms with van der Waals surface area (Å²) in [5.74, 6) is 0. The van der Waals surface area contributed by atoms with E-state index in [4.69, 9.17) is 0 Å². The fraction of sp³-hybridized carbons (Fsp3) is 0. The molecule has 2 N–H and O–H groups in total. The van der Waals surface area contributed by atoms with Crippen molar-refractivity contribution < 1.29 is 0 Å². The second kappa shape index (κ2) is 4.99. The lowest BCUT2D eigenvalue weighted by Gasteiger charge is -2.04. The van der Waals surface area contributed by atoms with E-state index in [2.05, 4.69) is 94.9 Å². The monoisotopic (exact) mass is 332 g/mol. The Labute approximate surface area is 150 Å². The molecule has 2 nitrogen and oxygen atoms in total. The molecule has 0 unspecified atom stereocenters. The van der Waals surface area contributed by atoms with Crippen molar-refractivity contribution in [3.63, 3.8) is 0 Å². The second-order valence-corrected chi connectivity index (χ2v) is 6.83. The minimum Gasteiger partial charge on any atom is -0.354 e. The van der Waals surface area contributed by atoms with Crippen LogP contribution >= 0.6 is 0 Å². The van der Waals surface area contributed by atoms with Gasteiger partial charge in [-0.25, -0.2) is 0 Å². The Morgan fingerprint density at radius 3 is 1.96 bits per heavy atom. The molecule has 0 saturated carbocycles. The lowest BCUT2D eigenvalue weighted by molar-refractivity contribution is 1.52. The molecule has 2 aromatic heterocycles. The van der Waals surface area contributed by atoms with Gasteiger partial charge in [-0.2, -0.15) is 0 Å². The number of rotatable bonds is 1. The third kappa shape index (κ3) is 1.81. The van der Waals surface area contributed by atoms with Crippen LogP contribution in [0.3, 0.4) is 0 Å². The normalized spacial score (nSPS) is 11.8. The summed E-state index contributed by atoms with van der Waals surface area (Å²) >= 11 is 0. The molecule has 0 aliphatic rings. The number of benzene rings is 4. The van der Waals surface area contributed by atoms with Crippen LogP contribution in [-0.2, 0) is 0 Å². The summed E-state index contributed by atoms with van der Waals surface area (Å²) in [4.78, 5) is 7.16. The summed E-state index contributed by atoms with van der Waals surface area (Å²) in [6, 6.07) is 30.2. The average Bonchev–Trinajstić information content (AvgIpc) is 3.25. The Bertz CT molecular complexity index is 1430. The van der Waals surface area contributed by atoms with E-state index in [1.165, 1.54) is 54.7 Å². The van der Waals surface area contributed by atoms with Crippen LogP contribution in [0, 0.1) is 0 Å². The zero-order chi connectivity index (χ0) is 17.1. The maximum absolute atomic E-state index is 3.61. The predicted octanol–water partition coefficient (Wildman–Crippen LogP) is 6.62. The van der Waals surface area contributed by atoms with Crippen LogP contribution in [0.1, 0.15) is 0 Å². The van der Waals surface area contributed by atoms with Gasteiger partial charge in [0.2, 0.25) is 0 Å². The molecule has 0 bridgehead atoms. The van der Waals surface area contributed by atoms with Gasteiger partial charge in [0.15, 0.2) is 0 Å². The highest BCUT2D eigenvalue weighted by molar-refractivity contribution is 6.13. The summed E-state index contributed by atoms with van der Waals surface area (Å²) in [5, 5.41) is 5.09. The van der Waals surface area contributed by atoms with E-state index in [-0.39, 0.29) is 0 Å². The highest BCUT2D eigenvalue weighted by atomic mass is 14.7. The van der Waals surface area contributed by atoms with Crippen molar-refractivity contribution >= 4 is 43.6 Å². The number of aromatic amines is 2. The highest BCUT2D eigenvalue weighted by Crippen LogP contribution is 2.35. The molecule has 0 saturated heterocycles. The molecular formula is C24H16N2. The number of hydrogen-bond donors (Lipinski definition) is 2. The topological polar surface area (TPSA) is 31.6 Å². The van der Waals surface area contributed by atoms with Crippen molar-refractivity contribution in [2.45, 2.75) is 0 Å². The van der Waals surface area contributed by atoms with Crippen LogP contribution in [0.5, 0.6) is 0 Å². The molecule has 0 aliphatic heterocycles. The van der Waals surface area contributed by atoms with Gasteiger partial charge >= 0.3 is 0 Å². The third-order valence-electron chi connectivity index (χ3n) is 5.36. The zero-order valence-corrected chi connectivity index (χ0v) is 14.1. The minimum atomic E-state index is 1.18. The van der Waals surface area contributed by atoms with Gasteiger partial charge in [0.05, 0.1) is 5.52 Å². The standard InChI is InChI=1S/C24H16N2/c1-3-10-21-17(6-1)19-13-12-15(14-23(19)25-21)16-8-5-9-20-18-7-2-4-11-22(18)26-24(16)20/h1-14,25-26H. The van der Waals surface area contributed by atoms with Gasteiger partial charge in [-0.15, -0.1) is 0 Å². The number of aromatic nitrogens is 2. The fourth-order valence-corrected chi connectivity index (χ4v) is 4.14. The minimum absolute atomic E-state index is 1.18. The Hall–Kier alpha value is -3.52. The largest absolute Gasteiger partial charge is 0.354 e. The second-order valence-electron chi connectivity index (χ2n) is 6.83. The Kier molecular flexibility index (Phi) is 2.64. The molecular weight excluding hydrogens is 316 g/mol. The van der Waals surface area contributed by atoms with E-state index < -0.39 is 0 Å². The molecule has 26 heavy (non-hydrogen) atoms. The Morgan fingerprint density at radius 2 is 1.12 bits per heavy atom. The molecule has 0 atom stereocenters. The molecule has 6 aromatic rings. The molecule has 2 heteroatoms. The van der Waals surface area contributed by atoms with Gasteiger partial charge in [0, 0.05) is 43.7 Å². The fourth-order valence-electron chi connectivity index (χ4n) is 4.14. The van der Waals surface area contributed by atoms with Crippen LogP contribution < -0.4 is 0 Å². The molecule has 2 heterocycles. The van der Waals surface area contributed by atoms with E-state index >= 15 is 0 Å². The number of H-pyrrole nitrogens is 2. The first kappa shape index (κ1) is 13.7. The van der Waals surface area contributed by atoms with Crippen molar-refractivity contribution in [1.29, 1.82) is 0 Å². The summed E-state index contributed by atoms with van der Waals surface area (Å²) in [5.41, 5.74) is 7.20. The Morgan fingerprint density at radius 1 is 0.462 bits per heavy atom. The van der Waals surface area contributed by atoms with Gasteiger partial charge in [0.1, 0.15) is 0 Å². The smallest absolute Gasteiger partial charge is 0.0544 e. The van der Waals surface area contributed by atoms with E-state index in [1.807, 2.05) is 0 Å². The third-order valence-corrected chi connectivity index (χ3v) is 5.36. The zero-order valence-electron chi connectivity index (χ0n) is 14.1.